The number of carbonyl (C=O) groups is 7. The van der Waals surface area contributed by atoms with Gasteiger partial charge in [-0.05, 0) is 84.2 Å². The Morgan fingerprint density at radius 3 is 2.44 bits per heavy atom. The summed E-state index contributed by atoms with van der Waals surface area (Å²) in [5.41, 5.74) is 5.98. The van der Waals surface area contributed by atoms with E-state index in [0.29, 0.717) is 56.9 Å². The van der Waals surface area contributed by atoms with Gasteiger partial charge in [0.2, 0.25) is 17.7 Å². The number of benzene rings is 2. The Balaban J connectivity index is 0.875. The molecule has 0 spiro atoms. The molecule has 0 saturated carbocycles. The number of imide groups is 1. The first-order chi connectivity index (χ1) is 32.6. The highest BCUT2D eigenvalue weighted by Crippen LogP contribution is 2.35. The number of hydrogen-bond donors (Lipinski definition) is 4. The van der Waals surface area contributed by atoms with E-state index in [2.05, 4.69) is 44.7 Å². The van der Waals surface area contributed by atoms with Crippen LogP contribution in [0.5, 0.6) is 0 Å². The van der Waals surface area contributed by atoms with Crippen molar-refractivity contribution in [3.63, 3.8) is 0 Å². The normalized spacial score (nSPS) is 17.7. The molecule has 68 heavy (non-hydrogen) atoms. The van der Waals surface area contributed by atoms with Gasteiger partial charge in [-0.25, -0.2) is 29.4 Å². The summed E-state index contributed by atoms with van der Waals surface area (Å²) in [5.74, 6) is -3.04. The Labute approximate surface area is 400 Å². The van der Waals surface area contributed by atoms with Crippen molar-refractivity contribution in [2.24, 2.45) is 5.10 Å². The number of nitrogens with zero attached hydrogens (tertiary/aromatic N) is 6. The molecule has 20 heteroatoms. The van der Waals surface area contributed by atoms with Gasteiger partial charge in [-0.15, -0.1) is 11.8 Å². The summed E-state index contributed by atoms with van der Waals surface area (Å²) in [7, 11) is -0.909. The smallest absolute Gasteiger partial charge is 0.407 e. The second-order valence-electron chi connectivity index (χ2n) is 17.8. The molecular weight excluding hydrogens is 911 g/mol. The first-order valence-corrected chi connectivity index (χ1v) is 26.6. The van der Waals surface area contributed by atoms with Crippen LogP contribution in [0.3, 0.4) is 0 Å². The van der Waals surface area contributed by atoms with E-state index < -0.39 is 63.6 Å². The maximum Gasteiger partial charge on any atom is 0.407 e. The number of likely N-dealkylation sites (tertiary alicyclic amines) is 1. The second kappa shape index (κ2) is 22.5. The maximum atomic E-state index is 14.2. The number of alkyl carbamates (subject to hydrolysis) is 1. The lowest BCUT2D eigenvalue weighted by Crippen LogP contribution is -2.44. The van der Waals surface area contributed by atoms with E-state index in [1.807, 2.05) is 60.7 Å². The summed E-state index contributed by atoms with van der Waals surface area (Å²) in [6, 6.07) is 17.5. The van der Waals surface area contributed by atoms with Gasteiger partial charge < -0.3 is 30.7 Å². The number of anilines is 1. The molecule has 1 saturated heterocycles. The number of pyridine rings is 2. The molecule has 7 rings (SSSR count). The standard InChI is InChI=1S/C48H57N9O9S2/c1-68(2,3)23-22-66-48(65)53-40(46(62)63)30-67-41-25-43(59)56(45(41)61)29-42(58)51-18-6-4-5-7-21-57-44(60)37(35-10-8-12-38-36(35)11-9-19-50-38)24-39(54-57)31-13-15-34(16-14-31)52-47(64)55-27-32-17-20-49-26-33(32)28-55/h8-17,19-20,26,37,40-41H,4-7,18,21-25,27-30H2,1-3H3,(H,51,58)(H,52,64)(H,53,65)(H,62,63)/t37?,40-,41?/m0/s1. The summed E-state index contributed by atoms with van der Waals surface area (Å²) < 4.78 is 5.12. The van der Waals surface area contributed by atoms with Gasteiger partial charge >= 0.3 is 18.1 Å². The first kappa shape index (κ1) is 49.4. The number of carboxylic acid groups (broad SMARTS) is 1. The zero-order chi connectivity index (χ0) is 48.4. The average molecular weight is 968 g/mol. The maximum absolute atomic E-state index is 14.2. The molecule has 5 heterocycles. The molecule has 7 amide bonds. The lowest BCUT2D eigenvalue weighted by molar-refractivity contribution is -0.142. The van der Waals surface area contributed by atoms with Crippen molar-refractivity contribution in [2.75, 3.05) is 61.8 Å². The van der Waals surface area contributed by atoms with Crippen LogP contribution in [0.15, 0.2) is 84.4 Å². The average Bonchev–Trinajstić information content (AvgIpc) is 3.87. The highest BCUT2D eigenvalue weighted by molar-refractivity contribution is 8.32. The van der Waals surface area contributed by atoms with Crippen molar-refractivity contribution in [1.29, 1.82) is 0 Å². The zero-order valence-electron chi connectivity index (χ0n) is 38.4. The van der Waals surface area contributed by atoms with Gasteiger partial charge in [0.1, 0.15) is 19.2 Å². The molecule has 2 unspecified atom stereocenters. The fraction of sp³-hybridized carbons (Fsp3) is 0.417. The number of aromatic nitrogens is 2. The summed E-state index contributed by atoms with van der Waals surface area (Å²) in [6.45, 7) is 1.39. The number of hydrogen-bond acceptors (Lipinski definition) is 12. The fourth-order valence-electron chi connectivity index (χ4n) is 8.09. The molecule has 18 nitrogen and oxygen atoms in total. The minimum absolute atomic E-state index is 0.111. The second-order valence-corrected chi connectivity index (χ2v) is 23.6. The summed E-state index contributed by atoms with van der Waals surface area (Å²) in [4.78, 5) is 101. The third kappa shape index (κ3) is 12.9. The van der Waals surface area contributed by atoms with Crippen molar-refractivity contribution >= 4 is 85.8 Å². The predicted molar refractivity (Wildman–Crippen MR) is 261 cm³/mol. The Hall–Kier alpha value is -6.54. The highest BCUT2D eigenvalue weighted by Gasteiger charge is 2.41. The third-order valence-electron chi connectivity index (χ3n) is 11.8. The van der Waals surface area contributed by atoms with Crippen LogP contribution in [-0.2, 0) is 41.8 Å². The molecule has 360 valence electrons. The molecule has 0 aliphatic carbocycles. The van der Waals surface area contributed by atoms with Crippen LogP contribution in [0, 0.1) is 0 Å². The van der Waals surface area contributed by atoms with E-state index in [-0.39, 0.29) is 30.7 Å². The number of rotatable bonds is 20. The van der Waals surface area contributed by atoms with Crippen LogP contribution in [-0.4, -0.2) is 145 Å². The number of aliphatic carboxylic acids is 1. The quantitative estimate of drug-likeness (QED) is 0.0652. The van der Waals surface area contributed by atoms with Crippen molar-refractivity contribution in [3.05, 3.63) is 102 Å². The topological polar surface area (TPSA) is 233 Å². The number of unbranched alkanes of at least 4 members (excludes halogenated alkanes) is 3. The summed E-state index contributed by atoms with van der Waals surface area (Å²) >= 11 is 0.934. The number of carbonyl (C=O) groups excluding carboxylic acids is 6. The van der Waals surface area contributed by atoms with Crippen molar-refractivity contribution < 1.29 is 43.4 Å². The number of urea groups is 1. The third-order valence-corrected chi connectivity index (χ3v) is 14.5. The molecule has 3 aliphatic rings. The SMILES string of the molecule is CS(C)(C)CCOC(=O)N[C@@H](CSC1CC(=O)N(CC(=O)NCCCCCCN2N=C(c3ccc(NC(=O)N4Cc5ccncc5C4)cc3)CC(c3cccc4ncccc34)C2=O)C1=O)C(=O)O. The number of amides is 7. The Morgan fingerprint density at radius 2 is 1.68 bits per heavy atom. The molecular formula is C48H57N9O9S2. The predicted octanol–water partition coefficient (Wildman–Crippen LogP) is 5.31. The van der Waals surface area contributed by atoms with Crippen LogP contribution in [0.4, 0.5) is 15.3 Å². The van der Waals surface area contributed by atoms with Crippen LogP contribution >= 0.6 is 21.8 Å². The van der Waals surface area contributed by atoms with Gasteiger partial charge in [0, 0.05) is 80.2 Å². The first-order valence-electron chi connectivity index (χ1n) is 22.5. The minimum Gasteiger partial charge on any atom is -0.480 e. The van der Waals surface area contributed by atoms with E-state index in [0.717, 1.165) is 68.4 Å². The van der Waals surface area contributed by atoms with E-state index in [1.165, 1.54) is 0 Å². The molecule has 3 aliphatic heterocycles. The lowest BCUT2D eigenvalue weighted by Gasteiger charge is -2.30. The van der Waals surface area contributed by atoms with Gasteiger partial charge in [-0.3, -0.25) is 34.0 Å². The van der Waals surface area contributed by atoms with Crippen molar-refractivity contribution in [2.45, 2.75) is 68.8 Å². The molecule has 2 aromatic carbocycles. The number of ether oxygens (including phenoxy) is 1. The van der Waals surface area contributed by atoms with Crippen LogP contribution in [0.25, 0.3) is 10.9 Å². The van der Waals surface area contributed by atoms with E-state index in [4.69, 9.17) is 9.84 Å². The number of hydrazone groups is 1. The van der Waals surface area contributed by atoms with E-state index >= 15 is 0 Å². The van der Waals surface area contributed by atoms with Gasteiger partial charge in [0.15, 0.2) is 0 Å². The fourth-order valence-corrected chi connectivity index (χ4v) is 9.85. The largest absolute Gasteiger partial charge is 0.480 e. The van der Waals surface area contributed by atoms with Crippen LogP contribution in [0.1, 0.15) is 66.7 Å². The number of nitrogens with one attached hydrogen (secondary N) is 3. The van der Waals surface area contributed by atoms with Gasteiger partial charge in [-0.1, -0.05) is 43.2 Å². The Bertz CT molecular complexity index is 2540. The zero-order valence-corrected chi connectivity index (χ0v) is 40.0. The monoisotopic (exact) mass is 967 g/mol. The Morgan fingerprint density at radius 1 is 0.897 bits per heavy atom. The highest BCUT2D eigenvalue weighted by atomic mass is 32.3. The molecule has 0 radical (unpaired) electrons. The summed E-state index contributed by atoms with van der Waals surface area (Å²) in [6.07, 6.45) is 13.5. The molecule has 2 aromatic heterocycles. The number of carboxylic acids is 1. The number of fused-ring (bicyclic) bond motifs is 2. The van der Waals surface area contributed by atoms with Crippen molar-refractivity contribution in [3.8, 4) is 0 Å². The number of thioether (sulfide) groups is 1. The van der Waals surface area contributed by atoms with Gasteiger partial charge in [0.05, 0.1) is 22.4 Å². The summed E-state index contributed by atoms with van der Waals surface area (Å²) in [5, 5.41) is 24.1. The molecule has 0 bridgehead atoms. The van der Waals surface area contributed by atoms with Crippen molar-refractivity contribution in [1.82, 2.24) is 35.4 Å². The lowest BCUT2D eigenvalue weighted by atomic mass is 9.86. The molecule has 3 atom stereocenters. The Kier molecular flexibility index (Phi) is 16.3. The van der Waals surface area contributed by atoms with E-state index in [9.17, 15) is 38.7 Å². The van der Waals surface area contributed by atoms with Gasteiger partial charge in [-0.2, -0.15) is 5.10 Å². The molecule has 1 fully saturated rings. The van der Waals surface area contributed by atoms with Gasteiger partial charge in [0.25, 0.3) is 5.91 Å². The van der Waals surface area contributed by atoms with E-state index in [1.54, 1.807) is 28.5 Å². The van der Waals surface area contributed by atoms with Crippen LogP contribution in [0.2, 0.25) is 0 Å². The molecule has 4 N–H and O–H groups in total. The van der Waals surface area contributed by atoms with Crippen LogP contribution < -0.4 is 16.0 Å². The molecule has 4 aromatic rings. The minimum atomic E-state index is -1.34.